The number of hydrogen-bond acceptors (Lipinski definition) is 2. The molecule has 0 heterocycles. The van der Waals surface area contributed by atoms with Crippen LogP contribution in [0.1, 0.15) is 48.9 Å². The molecule has 1 aliphatic rings. The molecule has 0 amide bonds. The minimum absolute atomic E-state index is 0.474. The van der Waals surface area contributed by atoms with Crippen LogP contribution in [-0.4, -0.2) is 31.6 Å². The smallest absolute Gasteiger partial charge is 0.0329 e. The van der Waals surface area contributed by atoms with Crippen LogP contribution < -0.4 is 5.32 Å². The zero-order valence-electron chi connectivity index (χ0n) is 13.6. The van der Waals surface area contributed by atoms with E-state index < -0.39 is 0 Å². The zero-order valence-corrected chi connectivity index (χ0v) is 13.6. The van der Waals surface area contributed by atoms with Gasteiger partial charge in [0.15, 0.2) is 0 Å². The predicted molar refractivity (Wildman–Crippen MR) is 87.2 cm³/mol. The Labute approximate surface area is 124 Å². The molecule has 1 N–H and O–H groups in total. The molecule has 2 nitrogen and oxygen atoms in total. The Morgan fingerprint density at radius 2 is 1.85 bits per heavy atom. The largest absolute Gasteiger partial charge is 0.313 e. The third kappa shape index (κ3) is 4.60. The van der Waals surface area contributed by atoms with Crippen molar-refractivity contribution in [2.75, 3.05) is 26.7 Å². The van der Waals surface area contributed by atoms with E-state index in [2.05, 4.69) is 56.2 Å². The van der Waals surface area contributed by atoms with E-state index in [0.717, 1.165) is 5.92 Å². The molecule has 1 aliphatic carbocycles. The zero-order chi connectivity index (χ0) is 14.5. The minimum Gasteiger partial charge on any atom is -0.313 e. The molecule has 112 valence electrons. The van der Waals surface area contributed by atoms with E-state index in [4.69, 9.17) is 0 Å². The van der Waals surface area contributed by atoms with Gasteiger partial charge in [0.1, 0.15) is 0 Å². The molecule has 1 aromatic carbocycles. The topological polar surface area (TPSA) is 15.3 Å². The van der Waals surface area contributed by atoms with E-state index in [1.807, 2.05) is 0 Å². The van der Waals surface area contributed by atoms with Crippen molar-refractivity contribution in [2.45, 2.75) is 46.1 Å². The van der Waals surface area contributed by atoms with Gasteiger partial charge in [0.05, 0.1) is 0 Å². The second kappa shape index (κ2) is 7.24. The Morgan fingerprint density at radius 1 is 1.20 bits per heavy atom. The summed E-state index contributed by atoms with van der Waals surface area (Å²) in [7, 11) is 2.08. The molecule has 0 spiro atoms. The van der Waals surface area contributed by atoms with Gasteiger partial charge in [-0.2, -0.15) is 0 Å². The molecular formula is C18H30N2. The van der Waals surface area contributed by atoms with Gasteiger partial charge in [-0.3, -0.25) is 0 Å². The van der Waals surface area contributed by atoms with Crippen LogP contribution in [0.25, 0.3) is 0 Å². The summed E-state index contributed by atoms with van der Waals surface area (Å²) in [6.07, 6.45) is 4.09. The summed E-state index contributed by atoms with van der Waals surface area (Å²) in [5, 5.41) is 3.49. The highest BCUT2D eigenvalue weighted by atomic mass is 15.1. The Hall–Kier alpha value is -0.860. The minimum atomic E-state index is 0.474. The van der Waals surface area contributed by atoms with Crippen LogP contribution in [0.15, 0.2) is 18.2 Å². The first-order valence-corrected chi connectivity index (χ1v) is 8.10. The van der Waals surface area contributed by atoms with Crippen LogP contribution in [0.4, 0.5) is 0 Å². The van der Waals surface area contributed by atoms with Gasteiger partial charge >= 0.3 is 0 Å². The van der Waals surface area contributed by atoms with E-state index in [0.29, 0.717) is 6.04 Å². The molecule has 1 fully saturated rings. The van der Waals surface area contributed by atoms with Crippen LogP contribution in [0, 0.1) is 19.8 Å². The highest BCUT2D eigenvalue weighted by Crippen LogP contribution is 2.30. The molecule has 2 rings (SSSR count). The number of rotatable bonds is 8. The Balaban J connectivity index is 1.93. The standard InChI is InChI=1S/C18H30N2/c1-5-20(13-16-6-7-16)9-8-18(19-4)17-11-14(2)10-15(3)12-17/h10-12,16,18-19H,5-9,13H2,1-4H3. The first kappa shape index (κ1) is 15.5. The molecular weight excluding hydrogens is 244 g/mol. The molecule has 0 aromatic heterocycles. The van der Waals surface area contributed by atoms with E-state index in [1.54, 1.807) is 0 Å². The summed E-state index contributed by atoms with van der Waals surface area (Å²) in [5.74, 6) is 0.990. The first-order chi connectivity index (χ1) is 9.62. The van der Waals surface area contributed by atoms with Crippen LogP contribution in [0.2, 0.25) is 0 Å². The fraction of sp³-hybridized carbons (Fsp3) is 0.667. The highest BCUT2D eigenvalue weighted by Gasteiger charge is 2.23. The maximum atomic E-state index is 3.49. The quantitative estimate of drug-likeness (QED) is 0.778. The van der Waals surface area contributed by atoms with Crippen molar-refractivity contribution in [3.63, 3.8) is 0 Å². The number of nitrogens with zero attached hydrogens (tertiary/aromatic N) is 1. The normalized spacial score (nSPS) is 16.6. The Morgan fingerprint density at radius 3 is 2.35 bits per heavy atom. The van der Waals surface area contributed by atoms with Crippen molar-refractivity contribution in [1.82, 2.24) is 10.2 Å². The number of benzene rings is 1. The van der Waals surface area contributed by atoms with Gasteiger partial charge in [-0.05, 0) is 64.7 Å². The van der Waals surface area contributed by atoms with Gasteiger partial charge in [-0.1, -0.05) is 36.2 Å². The second-order valence-electron chi connectivity index (χ2n) is 6.39. The SMILES string of the molecule is CCN(CCC(NC)c1cc(C)cc(C)c1)CC1CC1. The van der Waals surface area contributed by atoms with Crippen molar-refractivity contribution in [1.29, 1.82) is 0 Å². The Kier molecular flexibility index (Phi) is 5.62. The summed E-state index contributed by atoms with van der Waals surface area (Å²) in [6.45, 7) is 10.3. The monoisotopic (exact) mass is 274 g/mol. The van der Waals surface area contributed by atoms with Crippen LogP contribution in [0.5, 0.6) is 0 Å². The van der Waals surface area contributed by atoms with Crippen molar-refractivity contribution in [2.24, 2.45) is 5.92 Å². The van der Waals surface area contributed by atoms with Crippen LogP contribution >= 0.6 is 0 Å². The lowest BCUT2D eigenvalue weighted by atomic mass is 9.99. The lowest BCUT2D eigenvalue weighted by Crippen LogP contribution is -2.30. The average molecular weight is 274 g/mol. The third-order valence-corrected chi connectivity index (χ3v) is 4.39. The van der Waals surface area contributed by atoms with E-state index >= 15 is 0 Å². The van der Waals surface area contributed by atoms with E-state index in [9.17, 15) is 0 Å². The third-order valence-electron chi connectivity index (χ3n) is 4.39. The summed E-state index contributed by atoms with van der Waals surface area (Å²) >= 11 is 0. The Bertz CT molecular complexity index is 403. The summed E-state index contributed by atoms with van der Waals surface area (Å²) < 4.78 is 0. The first-order valence-electron chi connectivity index (χ1n) is 8.10. The summed E-state index contributed by atoms with van der Waals surface area (Å²) in [6, 6.07) is 7.38. The lowest BCUT2D eigenvalue weighted by Gasteiger charge is -2.24. The molecule has 1 atom stereocenters. The molecule has 0 radical (unpaired) electrons. The highest BCUT2D eigenvalue weighted by molar-refractivity contribution is 5.30. The second-order valence-corrected chi connectivity index (χ2v) is 6.39. The van der Waals surface area contributed by atoms with Crippen LogP contribution in [0.3, 0.4) is 0 Å². The maximum Gasteiger partial charge on any atom is 0.0329 e. The average Bonchev–Trinajstić information content (AvgIpc) is 3.21. The summed E-state index contributed by atoms with van der Waals surface area (Å²) in [4.78, 5) is 2.62. The number of aryl methyl sites for hydroxylation is 2. The van der Waals surface area contributed by atoms with Crippen molar-refractivity contribution < 1.29 is 0 Å². The molecule has 0 bridgehead atoms. The van der Waals surface area contributed by atoms with Gasteiger partial charge in [-0.25, -0.2) is 0 Å². The fourth-order valence-corrected chi connectivity index (χ4v) is 3.04. The molecule has 20 heavy (non-hydrogen) atoms. The maximum absolute atomic E-state index is 3.49. The number of nitrogens with one attached hydrogen (secondary N) is 1. The number of hydrogen-bond donors (Lipinski definition) is 1. The molecule has 2 heteroatoms. The molecule has 1 aromatic rings. The van der Waals surface area contributed by atoms with Gasteiger partial charge in [0.2, 0.25) is 0 Å². The van der Waals surface area contributed by atoms with Gasteiger partial charge in [-0.15, -0.1) is 0 Å². The van der Waals surface area contributed by atoms with Gasteiger partial charge in [0.25, 0.3) is 0 Å². The van der Waals surface area contributed by atoms with Gasteiger partial charge < -0.3 is 10.2 Å². The van der Waals surface area contributed by atoms with Crippen molar-refractivity contribution in [3.05, 3.63) is 34.9 Å². The predicted octanol–water partition coefficient (Wildman–Crippen LogP) is 3.69. The molecule has 0 aliphatic heterocycles. The molecule has 1 saturated carbocycles. The fourth-order valence-electron chi connectivity index (χ4n) is 3.04. The van der Waals surface area contributed by atoms with Crippen molar-refractivity contribution >= 4 is 0 Å². The van der Waals surface area contributed by atoms with Gasteiger partial charge in [0, 0.05) is 12.6 Å². The molecule has 1 unspecified atom stereocenters. The van der Waals surface area contributed by atoms with E-state index in [-0.39, 0.29) is 0 Å². The van der Waals surface area contributed by atoms with Crippen LogP contribution in [-0.2, 0) is 0 Å². The molecule has 0 saturated heterocycles. The summed E-state index contributed by atoms with van der Waals surface area (Å²) in [5.41, 5.74) is 4.17. The van der Waals surface area contributed by atoms with Crippen molar-refractivity contribution in [3.8, 4) is 0 Å². The lowest BCUT2D eigenvalue weighted by molar-refractivity contribution is 0.261. The van der Waals surface area contributed by atoms with E-state index in [1.165, 1.54) is 55.6 Å².